The van der Waals surface area contributed by atoms with E-state index in [1.165, 1.54) is 12.1 Å². The van der Waals surface area contributed by atoms with Gasteiger partial charge in [-0.15, -0.1) is 0 Å². The van der Waals surface area contributed by atoms with Crippen molar-refractivity contribution in [1.82, 2.24) is 5.32 Å². The van der Waals surface area contributed by atoms with Crippen molar-refractivity contribution in [3.05, 3.63) is 23.8 Å². The topological polar surface area (TPSA) is 101 Å². The molecule has 0 radical (unpaired) electrons. The van der Waals surface area contributed by atoms with Gasteiger partial charge in [0.15, 0.2) is 0 Å². The van der Waals surface area contributed by atoms with E-state index < -0.39 is 10.0 Å². The van der Waals surface area contributed by atoms with Gasteiger partial charge >= 0.3 is 6.03 Å². The number of sulfonamides is 1. The molecule has 0 heterocycles. The van der Waals surface area contributed by atoms with Crippen LogP contribution in [-0.2, 0) is 10.0 Å². The number of carbonyl (C=O) groups is 1. The molecule has 18 heavy (non-hydrogen) atoms. The van der Waals surface area contributed by atoms with E-state index >= 15 is 0 Å². The highest BCUT2D eigenvalue weighted by Crippen LogP contribution is 2.19. The predicted molar refractivity (Wildman–Crippen MR) is 69.9 cm³/mol. The first-order valence-corrected chi connectivity index (χ1v) is 7.07. The second kappa shape index (κ2) is 5.83. The van der Waals surface area contributed by atoms with Crippen molar-refractivity contribution in [1.29, 1.82) is 0 Å². The molecule has 2 amide bonds. The first kappa shape index (κ1) is 14.5. The van der Waals surface area contributed by atoms with Crippen LogP contribution in [0.25, 0.3) is 0 Å². The summed E-state index contributed by atoms with van der Waals surface area (Å²) in [6, 6.07) is 3.97. The number of carbonyl (C=O) groups excluding carboxylic acids is 1. The Morgan fingerprint density at radius 2 is 2.06 bits per heavy atom. The van der Waals surface area contributed by atoms with Crippen LogP contribution >= 0.6 is 0 Å². The molecule has 0 fully saturated rings. The maximum Gasteiger partial charge on any atom is 0.319 e. The summed E-state index contributed by atoms with van der Waals surface area (Å²) in [7, 11) is -3.77. The van der Waals surface area contributed by atoms with Crippen molar-refractivity contribution in [3.63, 3.8) is 0 Å². The van der Waals surface area contributed by atoms with Crippen molar-refractivity contribution in [2.24, 2.45) is 5.14 Å². The zero-order valence-corrected chi connectivity index (χ0v) is 11.2. The van der Waals surface area contributed by atoms with Crippen molar-refractivity contribution < 1.29 is 13.2 Å². The van der Waals surface area contributed by atoms with E-state index in [4.69, 9.17) is 5.14 Å². The van der Waals surface area contributed by atoms with Crippen LogP contribution in [0, 0.1) is 6.92 Å². The van der Waals surface area contributed by atoms with Crippen LogP contribution in [0.1, 0.15) is 18.9 Å². The number of anilines is 1. The Bertz CT molecular complexity index is 540. The van der Waals surface area contributed by atoms with Gasteiger partial charge in [0, 0.05) is 12.2 Å². The van der Waals surface area contributed by atoms with Gasteiger partial charge in [-0.2, -0.15) is 0 Å². The van der Waals surface area contributed by atoms with Gasteiger partial charge in [-0.05, 0) is 31.0 Å². The molecule has 4 N–H and O–H groups in total. The first-order valence-electron chi connectivity index (χ1n) is 5.53. The standard InChI is InChI=1S/C11H17N3O3S/c1-3-6-13-11(15)14-10-7-9(18(12,16)17)5-4-8(10)2/h4-5,7H,3,6H2,1-2H3,(H2,12,16,17)(H2,13,14,15). The monoisotopic (exact) mass is 271 g/mol. The van der Waals surface area contributed by atoms with Crippen LogP contribution in [0.3, 0.4) is 0 Å². The summed E-state index contributed by atoms with van der Waals surface area (Å²) in [5.41, 5.74) is 1.18. The van der Waals surface area contributed by atoms with Crippen molar-refractivity contribution >= 4 is 21.7 Å². The summed E-state index contributed by atoms with van der Waals surface area (Å²) >= 11 is 0. The summed E-state index contributed by atoms with van der Waals surface area (Å²) in [5.74, 6) is 0. The molecule has 1 rings (SSSR count). The fourth-order valence-corrected chi connectivity index (χ4v) is 1.86. The van der Waals surface area contributed by atoms with Crippen LogP contribution in [0.4, 0.5) is 10.5 Å². The number of aryl methyl sites for hydroxylation is 1. The zero-order valence-electron chi connectivity index (χ0n) is 10.4. The van der Waals surface area contributed by atoms with Gasteiger partial charge < -0.3 is 10.6 Å². The van der Waals surface area contributed by atoms with Gasteiger partial charge in [0.1, 0.15) is 0 Å². The Balaban J connectivity index is 2.92. The molecule has 1 aromatic carbocycles. The molecule has 0 saturated heterocycles. The average molecular weight is 271 g/mol. The summed E-state index contributed by atoms with van der Waals surface area (Å²) in [6.07, 6.45) is 0.823. The second-order valence-electron chi connectivity index (χ2n) is 3.90. The lowest BCUT2D eigenvalue weighted by Gasteiger charge is -2.10. The molecule has 0 aromatic heterocycles. The van der Waals surface area contributed by atoms with Gasteiger partial charge in [0.2, 0.25) is 10.0 Å². The molecule has 0 aliphatic heterocycles. The van der Waals surface area contributed by atoms with Crippen LogP contribution in [0.2, 0.25) is 0 Å². The van der Waals surface area contributed by atoms with Gasteiger partial charge in [0.05, 0.1) is 4.90 Å². The van der Waals surface area contributed by atoms with Gasteiger partial charge in [0.25, 0.3) is 0 Å². The fourth-order valence-electron chi connectivity index (χ4n) is 1.32. The Kier molecular flexibility index (Phi) is 4.69. The lowest BCUT2D eigenvalue weighted by Crippen LogP contribution is -2.29. The lowest BCUT2D eigenvalue weighted by atomic mass is 10.2. The minimum Gasteiger partial charge on any atom is -0.338 e. The zero-order chi connectivity index (χ0) is 13.8. The third kappa shape index (κ3) is 4.01. The molecule has 1 aromatic rings. The Morgan fingerprint density at radius 3 is 2.61 bits per heavy atom. The normalized spacial score (nSPS) is 11.1. The smallest absolute Gasteiger partial charge is 0.319 e. The minimum atomic E-state index is -3.77. The highest BCUT2D eigenvalue weighted by molar-refractivity contribution is 7.89. The van der Waals surface area contributed by atoms with E-state index in [9.17, 15) is 13.2 Å². The van der Waals surface area contributed by atoms with Gasteiger partial charge in [-0.3, -0.25) is 0 Å². The van der Waals surface area contributed by atoms with Crippen molar-refractivity contribution in [3.8, 4) is 0 Å². The van der Waals surface area contributed by atoms with E-state index in [0.717, 1.165) is 12.0 Å². The summed E-state index contributed by atoms with van der Waals surface area (Å²) in [5, 5.41) is 10.3. The Labute approximate surface area is 107 Å². The van der Waals surface area contributed by atoms with Crippen LogP contribution < -0.4 is 15.8 Å². The van der Waals surface area contributed by atoms with Gasteiger partial charge in [-0.25, -0.2) is 18.4 Å². The summed E-state index contributed by atoms with van der Waals surface area (Å²) in [4.78, 5) is 11.5. The number of amides is 2. The Hall–Kier alpha value is -1.60. The maximum absolute atomic E-state index is 11.5. The molecule has 7 heteroatoms. The van der Waals surface area contributed by atoms with Crippen LogP contribution in [0.15, 0.2) is 23.1 Å². The number of rotatable bonds is 4. The van der Waals surface area contributed by atoms with E-state index in [1.54, 1.807) is 13.0 Å². The predicted octanol–water partition coefficient (Wildman–Crippen LogP) is 1.17. The molecule has 0 spiro atoms. The largest absolute Gasteiger partial charge is 0.338 e. The number of hydrogen-bond acceptors (Lipinski definition) is 3. The quantitative estimate of drug-likeness (QED) is 0.766. The number of hydrogen-bond donors (Lipinski definition) is 3. The number of nitrogens with two attached hydrogens (primary N) is 1. The summed E-state index contributed by atoms with van der Waals surface area (Å²) in [6.45, 7) is 4.26. The lowest BCUT2D eigenvalue weighted by molar-refractivity contribution is 0.252. The number of nitrogens with one attached hydrogen (secondary N) is 2. The molecule has 6 nitrogen and oxygen atoms in total. The number of urea groups is 1. The maximum atomic E-state index is 11.5. The van der Waals surface area contributed by atoms with Gasteiger partial charge in [-0.1, -0.05) is 13.0 Å². The van der Waals surface area contributed by atoms with Crippen LogP contribution in [0.5, 0.6) is 0 Å². The molecular formula is C11H17N3O3S. The third-order valence-electron chi connectivity index (χ3n) is 2.32. The van der Waals surface area contributed by atoms with E-state index in [2.05, 4.69) is 10.6 Å². The van der Waals surface area contributed by atoms with Crippen molar-refractivity contribution in [2.45, 2.75) is 25.2 Å². The highest BCUT2D eigenvalue weighted by Gasteiger charge is 2.11. The number of benzene rings is 1. The second-order valence-corrected chi connectivity index (χ2v) is 5.46. The number of primary sulfonamides is 1. The molecule has 100 valence electrons. The fraction of sp³-hybridized carbons (Fsp3) is 0.364. The third-order valence-corrected chi connectivity index (χ3v) is 3.23. The van der Waals surface area contributed by atoms with Crippen LogP contribution in [-0.4, -0.2) is 21.0 Å². The molecule has 0 aliphatic rings. The Morgan fingerprint density at radius 1 is 1.39 bits per heavy atom. The summed E-state index contributed by atoms with van der Waals surface area (Å²) < 4.78 is 22.4. The van der Waals surface area contributed by atoms with E-state index in [1.807, 2.05) is 6.92 Å². The SMILES string of the molecule is CCCNC(=O)Nc1cc(S(N)(=O)=O)ccc1C. The molecule has 0 atom stereocenters. The molecular weight excluding hydrogens is 254 g/mol. The first-order chi connectivity index (χ1) is 8.34. The molecule has 0 aliphatic carbocycles. The van der Waals surface area contributed by atoms with E-state index in [0.29, 0.717) is 12.2 Å². The molecule has 0 saturated carbocycles. The molecule has 0 bridgehead atoms. The van der Waals surface area contributed by atoms with Crippen molar-refractivity contribution in [2.75, 3.05) is 11.9 Å². The molecule has 0 unspecified atom stereocenters. The average Bonchev–Trinajstić information content (AvgIpc) is 2.28. The van der Waals surface area contributed by atoms with E-state index in [-0.39, 0.29) is 10.9 Å². The highest BCUT2D eigenvalue weighted by atomic mass is 32.2. The minimum absolute atomic E-state index is 0.0288.